The molecule has 0 aliphatic rings. The van der Waals surface area contributed by atoms with Gasteiger partial charge in [-0.05, 0) is 43.4 Å². The molecule has 2 unspecified atom stereocenters. The highest BCUT2D eigenvalue weighted by molar-refractivity contribution is 8.29. The van der Waals surface area contributed by atoms with E-state index in [0.717, 1.165) is 37.9 Å². The second-order valence-corrected chi connectivity index (χ2v) is 12.3. The lowest BCUT2D eigenvalue weighted by Crippen LogP contribution is -2.23. The van der Waals surface area contributed by atoms with Crippen molar-refractivity contribution in [2.24, 2.45) is 0 Å². The summed E-state index contributed by atoms with van der Waals surface area (Å²) in [5.41, 5.74) is 0. The van der Waals surface area contributed by atoms with E-state index >= 15 is 0 Å². The minimum absolute atomic E-state index is 0.00572. The van der Waals surface area contributed by atoms with E-state index in [-0.39, 0.29) is 6.29 Å². The lowest BCUT2D eigenvalue weighted by Gasteiger charge is -2.38. The van der Waals surface area contributed by atoms with Gasteiger partial charge in [0.05, 0.1) is 7.85 Å². The Bertz CT molecular complexity index is 330. The molecule has 0 N–H and O–H groups in total. The van der Waals surface area contributed by atoms with Gasteiger partial charge in [-0.1, -0.05) is 104 Å². The summed E-state index contributed by atoms with van der Waals surface area (Å²) < 4.78 is 12.9. The highest BCUT2D eigenvalue weighted by Crippen LogP contribution is 2.47. The van der Waals surface area contributed by atoms with Crippen LogP contribution in [0.25, 0.3) is 0 Å². The Morgan fingerprint density at radius 3 is 1.86 bits per heavy atom. The molecule has 0 rings (SSSR count). The third-order valence-electron chi connectivity index (χ3n) is 5.83. The number of rotatable bonds is 23. The molecule has 0 fully saturated rings. The molecule has 0 bridgehead atoms. The number of unbranched alkanes of at least 4 members (excludes halogenated alkanes) is 12. The van der Waals surface area contributed by atoms with Gasteiger partial charge in [-0.15, -0.1) is 10.3 Å². The molecule has 0 spiro atoms. The van der Waals surface area contributed by atoms with Gasteiger partial charge < -0.3 is 8.92 Å². The summed E-state index contributed by atoms with van der Waals surface area (Å²) in [7, 11) is 4.58. The van der Waals surface area contributed by atoms with Crippen molar-refractivity contribution in [3.05, 3.63) is 0 Å². The molecule has 0 aromatic rings. The van der Waals surface area contributed by atoms with Crippen LogP contribution < -0.4 is 0 Å². The summed E-state index contributed by atoms with van der Waals surface area (Å²) in [4.78, 5) is 0. The molecule has 4 heteroatoms. The zero-order valence-electron chi connectivity index (χ0n) is 20.5. The Balaban J connectivity index is 4.35. The van der Waals surface area contributed by atoms with Gasteiger partial charge >= 0.3 is 0 Å². The fourth-order valence-corrected chi connectivity index (χ4v) is 5.60. The van der Waals surface area contributed by atoms with E-state index in [4.69, 9.17) is 16.8 Å². The monoisotopic (exact) mass is 428 g/mol. The van der Waals surface area contributed by atoms with Crippen molar-refractivity contribution in [1.82, 2.24) is 0 Å². The second kappa shape index (κ2) is 21.6. The maximum atomic E-state index is 6.69. The van der Waals surface area contributed by atoms with Crippen LogP contribution in [-0.4, -0.2) is 38.5 Å². The summed E-state index contributed by atoms with van der Waals surface area (Å²) in [5.74, 6) is 2.38. The Labute approximate surface area is 187 Å². The second-order valence-electron chi connectivity index (χ2n) is 8.75. The number of hydrogen-bond donors (Lipinski definition) is 0. The van der Waals surface area contributed by atoms with Crippen molar-refractivity contribution in [2.45, 2.75) is 136 Å². The van der Waals surface area contributed by atoms with E-state index in [1.807, 2.05) is 0 Å². The SMILES string of the molecule is [B]CCCCCCOC(CCCCCCC)OS(C)(CC)CCCCCCCC. The van der Waals surface area contributed by atoms with Crippen molar-refractivity contribution in [3.63, 3.8) is 0 Å². The molecule has 0 aliphatic carbocycles. The van der Waals surface area contributed by atoms with Crippen molar-refractivity contribution >= 4 is 18.2 Å². The molecular weight excluding hydrogens is 375 g/mol. The molecule has 29 heavy (non-hydrogen) atoms. The fourth-order valence-electron chi connectivity index (χ4n) is 3.60. The first-order chi connectivity index (χ1) is 14.1. The Morgan fingerprint density at radius 1 is 0.690 bits per heavy atom. The molecule has 174 valence electrons. The Hall–Kier alpha value is 0.335. The summed E-state index contributed by atoms with van der Waals surface area (Å²) in [6.07, 6.45) is 23.6. The standard InChI is InChI=1S/C25H53BO2S/c1-5-8-10-12-16-20-24-29(4,7-3)28-25(21-17-13-11-9-6-2)27-23-19-15-14-18-22-26/h25H,5-24H2,1-4H3. The molecule has 0 heterocycles. The fraction of sp³-hybridized carbons (Fsp3) is 1.00. The van der Waals surface area contributed by atoms with Crippen LogP contribution in [0.5, 0.6) is 0 Å². The molecule has 0 saturated carbocycles. The van der Waals surface area contributed by atoms with Crippen LogP contribution in [0, 0.1) is 0 Å². The maximum absolute atomic E-state index is 6.69. The first kappa shape index (κ1) is 29.3. The molecule has 0 saturated heterocycles. The quantitative estimate of drug-likeness (QED) is 0.0921. The topological polar surface area (TPSA) is 18.5 Å². The summed E-state index contributed by atoms with van der Waals surface area (Å²) in [6.45, 7) is 7.70. The molecule has 0 aromatic heterocycles. The van der Waals surface area contributed by atoms with Gasteiger partial charge in [0.25, 0.3) is 0 Å². The zero-order chi connectivity index (χ0) is 21.6. The van der Waals surface area contributed by atoms with Crippen LogP contribution in [-0.2, 0) is 8.92 Å². The largest absolute Gasteiger partial charge is 0.352 e. The van der Waals surface area contributed by atoms with Gasteiger partial charge in [0, 0.05) is 6.61 Å². The first-order valence-electron chi connectivity index (χ1n) is 12.9. The van der Waals surface area contributed by atoms with E-state index in [1.165, 1.54) is 89.2 Å². The maximum Gasteiger partial charge on any atom is 0.168 e. The van der Waals surface area contributed by atoms with Crippen LogP contribution in [0.1, 0.15) is 124 Å². The average molecular weight is 429 g/mol. The van der Waals surface area contributed by atoms with Gasteiger partial charge in [-0.2, -0.15) is 0 Å². The number of hydrogen-bond acceptors (Lipinski definition) is 2. The molecule has 2 atom stereocenters. The lowest BCUT2D eigenvalue weighted by molar-refractivity contribution is -0.0793. The van der Waals surface area contributed by atoms with Gasteiger partial charge in [0.1, 0.15) is 0 Å². The van der Waals surface area contributed by atoms with E-state index in [0.29, 0.717) is 0 Å². The van der Waals surface area contributed by atoms with Crippen LogP contribution >= 0.6 is 10.3 Å². The molecule has 0 aromatic carbocycles. The van der Waals surface area contributed by atoms with Gasteiger partial charge in [0.2, 0.25) is 0 Å². The summed E-state index contributed by atoms with van der Waals surface area (Å²) in [5, 5.41) is 0. The van der Waals surface area contributed by atoms with Gasteiger partial charge in [-0.3, -0.25) is 0 Å². The average Bonchev–Trinajstić information content (AvgIpc) is 2.72. The van der Waals surface area contributed by atoms with E-state index in [1.54, 1.807) is 0 Å². The van der Waals surface area contributed by atoms with Crippen molar-refractivity contribution in [3.8, 4) is 0 Å². The van der Waals surface area contributed by atoms with Crippen molar-refractivity contribution in [2.75, 3.05) is 24.4 Å². The van der Waals surface area contributed by atoms with Crippen LogP contribution in [0.3, 0.4) is 0 Å². The van der Waals surface area contributed by atoms with Crippen LogP contribution in [0.15, 0.2) is 0 Å². The zero-order valence-corrected chi connectivity index (χ0v) is 21.3. The highest BCUT2D eigenvalue weighted by Gasteiger charge is 2.22. The van der Waals surface area contributed by atoms with E-state index in [9.17, 15) is 0 Å². The highest BCUT2D eigenvalue weighted by atomic mass is 32.3. The Kier molecular flexibility index (Phi) is 21.8. The number of ether oxygens (including phenoxy) is 1. The van der Waals surface area contributed by atoms with Crippen LogP contribution in [0.4, 0.5) is 0 Å². The lowest BCUT2D eigenvalue weighted by atomic mass is 9.99. The van der Waals surface area contributed by atoms with Gasteiger partial charge in [-0.25, -0.2) is 0 Å². The van der Waals surface area contributed by atoms with Crippen molar-refractivity contribution in [1.29, 1.82) is 0 Å². The Morgan fingerprint density at radius 2 is 1.24 bits per heavy atom. The third kappa shape index (κ3) is 18.8. The first-order valence-corrected chi connectivity index (χ1v) is 15.2. The van der Waals surface area contributed by atoms with Gasteiger partial charge in [0.15, 0.2) is 6.29 Å². The predicted molar refractivity (Wildman–Crippen MR) is 136 cm³/mol. The minimum Gasteiger partial charge on any atom is -0.352 e. The predicted octanol–water partition coefficient (Wildman–Crippen LogP) is 8.58. The summed E-state index contributed by atoms with van der Waals surface area (Å²) >= 11 is 0. The molecule has 2 nitrogen and oxygen atoms in total. The van der Waals surface area contributed by atoms with Crippen LogP contribution in [0.2, 0.25) is 6.32 Å². The minimum atomic E-state index is -1.01. The van der Waals surface area contributed by atoms with Crippen molar-refractivity contribution < 1.29 is 8.92 Å². The van der Waals surface area contributed by atoms with E-state index < -0.39 is 10.3 Å². The van der Waals surface area contributed by atoms with E-state index in [2.05, 4.69) is 27.0 Å². The smallest absolute Gasteiger partial charge is 0.168 e. The molecule has 0 amide bonds. The normalized spacial score (nSPS) is 15.9. The molecule has 0 aliphatic heterocycles. The molecular formula is C25H53BO2S. The summed E-state index contributed by atoms with van der Waals surface area (Å²) in [6, 6.07) is 0. The molecule has 2 radical (unpaired) electrons. The third-order valence-corrected chi connectivity index (χ3v) is 8.88.